The fourth-order valence-electron chi connectivity index (χ4n) is 3.10. The lowest BCUT2D eigenvalue weighted by molar-refractivity contribution is 1.13. The van der Waals surface area contributed by atoms with Gasteiger partial charge in [-0.3, -0.25) is 4.40 Å². The molecule has 2 heterocycles. The number of hydrogen-bond acceptors (Lipinski definition) is 3. The van der Waals surface area contributed by atoms with Gasteiger partial charge in [0.25, 0.3) is 0 Å². The van der Waals surface area contributed by atoms with Gasteiger partial charge in [-0.25, -0.2) is 4.98 Å². The first-order valence-corrected chi connectivity index (χ1v) is 9.60. The van der Waals surface area contributed by atoms with Crippen molar-refractivity contribution in [3.05, 3.63) is 76.9 Å². The van der Waals surface area contributed by atoms with Crippen molar-refractivity contribution in [3.8, 4) is 11.3 Å². The molecule has 0 aliphatic rings. The summed E-state index contributed by atoms with van der Waals surface area (Å²) in [5.74, 6) is 0.957. The Morgan fingerprint density at radius 2 is 1.70 bits per heavy atom. The highest BCUT2D eigenvalue weighted by molar-refractivity contribution is 9.10. The van der Waals surface area contributed by atoms with Gasteiger partial charge in [0, 0.05) is 41.7 Å². The summed E-state index contributed by atoms with van der Waals surface area (Å²) in [7, 11) is 4.09. The van der Waals surface area contributed by atoms with Gasteiger partial charge in [0.2, 0.25) is 0 Å². The number of nitrogens with one attached hydrogen (secondary N) is 1. The van der Waals surface area contributed by atoms with Crippen LogP contribution in [0.2, 0.25) is 0 Å². The number of para-hydroxylation sites is 1. The Morgan fingerprint density at radius 1 is 0.963 bits per heavy atom. The van der Waals surface area contributed by atoms with Crippen molar-refractivity contribution in [2.75, 3.05) is 24.3 Å². The summed E-state index contributed by atoms with van der Waals surface area (Å²) in [6.45, 7) is 2.10. The number of fused-ring (bicyclic) bond motifs is 1. The first-order valence-electron chi connectivity index (χ1n) is 8.81. The van der Waals surface area contributed by atoms with E-state index in [0.29, 0.717) is 0 Å². The lowest BCUT2D eigenvalue weighted by atomic mass is 10.1. The number of imidazole rings is 1. The quantitative estimate of drug-likeness (QED) is 0.447. The summed E-state index contributed by atoms with van der Waals surface area (Å²) in [5.41, 5.74) is 6.35. The number of pyridine rings is 1. The molecule has 2 aromatic carbocycles. The second-order valence-corrected chi connectivity index (χ2v) is 7.68. The third-order valence-corrected chi connectivity index (χ3v) is 5.11. The predicted molar refractivity (Wildman–Crippen MR) is 117 cm³/mol. The van der Waals surface area contributed by atoms with Crippen molar-refractivity contribution in [1.29, 1.82) is 0 Å². The van der Waals surface area contributed by atoms with E-state index in [9.17, 15) is 0 Å². The third-order valence-electron chi connectivity index (χ3n) is 4.64. The number of nitrogens with zero attached hydrogens (tertiary/aromatic N) is 3. The molecular weight excluding hydrogens is 400 g/mol. The van der Waals surface area contributed by atoms with Crippen LogP contribution in [0, 0.1) is 6.92 Å². The molecule has 2 aromatic heterocycles. The lowest BCUT2D eigenvalue weighted by Gasteiger charge is -2.14. The fraction of sp³-hybridized carbons (Fsp3) is 0.136. The predicted octanol–water partition coefficient (Wildman–Crippen LogP) is 5.88. The summed E-state index contributed by atoms with van der Waals surface area (Å²) >= 11 is 3.58. The Labute approximate surface area is 167 Å². The molecule has 0 saturated carbocycles. The molecule has 136 valence electrons. The van der Waals surface area contributed by atoms with Crippen LogP contribution in [-0.4, -0.2) is 23.5 Å². The smallest absolute Gasteiger partial charge is 0.143 e. The van der Waals surface area contributed by atoms with Crippen molar-refractivity contribution in [2.24, 2.45) is 0 Å². The third kappa shape index (κ3) is 3.43. The highest BCUT2D eigenvalue weighted by Crippen LogP contribution is 2.33. The van der Waals surface area contributed by atoms with Gasteiger partial charge in [0.1, 0.15) is 17.2 Å². The zero-order chi connectivity index (χ0) is 19.0. The van der Waals surface area contributed by atoms with Crippen LogP contribution in [0.1, 0.15) is 5.56 Å². The van der Waals surface area contributed by atoms with Gasteiger partial charge in [-0.1, -0.05) is 30.3 Å². The SMILES string of the molecule is Cc1ccccc1Nc1c(-c2ccc(N(C)C)cc2)nc2ccc(Br)cn12. The number of anilines is 3. The molecule has 1 N–H and O–H groups in total. The van der Waals surface area contributed by atoms with Crippen molar-refractivity contribution in [3.63, 3.8) is 0 Å². The number of benzene rings is 2. The molecule has 4 nitrogen and oxygen atoms in total. The van der Waals surface area contributed by atoms with Gasteiger partial charge in [-0.15, -0.1) is 0 Å². The lowest BCUT2D eigenvalue weighted by Crippen LogP contribution is -2.08. The summed E-state index contributed by atoms with van der Waals surface area (Å²) in [4.78, 5) is 6.98. The molecule has 0 aliphatic heterocycles. The maximum absolute atomic E-state index is 4.89. The molecule has 0 spiro atoms. The van der Waals surface area contributed by atoms with Gasteiger partial charge in [-0.05, 0) is 58.7 Å². The van der Waals surface area contributed by atoms with Crippen LogP contribution in [0.25, 0.3) is 16.9 Å². The van der Waals surface area contributed by atoms with E-state index in [2.05, 4.69) is 73.9 Å². The van der Waals surface area contributed by atoms with E-state index in [1.807, 2.05) is 44.6 Å². The highest BCUT2D eigenvalue weighted by Gasteiger charge is 2.15. The van der Waals surface area contributed by atoms with Gasteiger partial charge in [0.05, 0.1) is 0 Å². The number of aromatic nitrogens is 2. The normalized spacial score (nSPS) is 11.0. The molecule has 0 fully saturated rings. The number of halogens is 1. The first-order chi connectivity index (χ1) is 13.0. The Kier molecular flexibility index (Phi) is 4.62. The topological polar surface area (TPSA) is 32.6 Å². The number of aryl methyl sites for hydroxylation is 1. The molecule has 0 atom stereocenters. The van der Waals surface area contributed by atoms with E-state index in [4.69, 9.17) is 4.98 Å². The van der Waals surface area contributed by atoms with Crippen LogP contribution in [0.5, 0.6) is 0 Å². The molecule has 0 saturated heterocycles. The van der Waals surface area contributed by atoms with Crippen molar-refractivity contribution >= 4 is 38.8 Å². The van der Waals surface area contributed by atoms with Crippen LogP contribution in [0.4, 0.5) is 17.2 Å². The minimum atomic E-state index is 0.904. The molecule has 5 heteroatoms. The molecule has 0 aliphatic carbocycles. The van der Waals surface area contributed by atoms with Crippen LogP contribution in [0.3, 0.4) is 0 Å². The number of rotatable bonds is 4. The Balaban J connectivity index is 1.88. The van der Waals surface area contributed by atoms with Gasteiger partial charge < -0.3 is 10.2 Å². The molecule has 4 rings (SSSR count). The minimum Gasteiger partial charge on any atom is -0.378 e. The average molecular weight is 421 g/mol. The maximum Gasteiger partial charge on any atom is 0.143 e. The summed E-state index contributed by atoms with van der Waals surface area (Å²) in [6, 6.07) is 20.8. The molecule has 4 aromatic rings. The fourth-order valence-corrected chi connectivity index (χ4v) is 3.43. The summed E-state index contributed by atoms with van der Waals surface area (Å²) in [5, 5.41) is 3.60. The van der Waals surface area contributed by atoms with Gasteiger partial charge in [-0.2, -0.15) is 0 Å². The second kappa shape index (κ2) is 7.08. The standard InChI is InChI=1S/C22H21BrN4/c1-15-6-4-5-7-19(15)24-22-21(16-8-11-18(12-9-16)26(2)3)25-20-13-10-17(23)14-27(20)22/h4-14,24H,1-3H3. The van der Waals surface area contributed by atoms with Crippen molar-refractivity contribution < 1.29 is 0 Å². The summed E-state index contributed by atoms with van der Waals surface area (Å²) < 4.78 is 3.10. The van der Waals surface area contributed by atoms with E-state index in [-0.39, 0.29) is 0 Å². The van der Waals surface area contributed by atoms with Crippen LogP contribution in [-0.2, 0) is 0 Å². The molecule has 0 radical (unpaired) electrons. The molecule has 27 heavy (non-hydrogen) atoms. The molecule has 0 amide bonds. The largest absolute Gasteiger partial charge is 0.378 e. The minimum absolute atomic E-state index is 0.904. The summed E-state index contributed by atoms with van der Waals surface area (Å²) in [6.07, 6.45) is 2.04. The van der Waals surface area contributed by atoms with E-state index in [0.717, 1.165) is 32.9 Å². The Bertz CT molecular complexity index is 1100. The van der Waals surface area contributed by atoms with Crippen molar-refractivity contribution in [1.82, 2.24) is 9.38 Å². The molecular formula is C22H21BrN4. The van der Waals surface area contributed by atoms with E-state index < -0.39 is 0 Å². The van der Waals surface area contributed by atoms with E-state index >= 15 is 0 Å². The zero-order valence-corrected chi connectivity index (χ0v) is 17.2. The Morgan fingerprint density at radius 3 is 2.41 bits per heavy atom. The maximum atomic E-state index is 4.89. The highest BCUT2D eigenvalue weighted by atomic mass is 79.9. The number of hydrogen-bond donors (Lipinski definition) is 1. The van der Waals surface area contributed by atoms with Crippen molar-refractivity contribution in [2.45, 2.75) is 6.92 Å². The average Bonchev–Trinajstić information content (AvgIpc) is 3.01. The Hall–Kier alpha value is -2.79. The van der Waals surface area contributed by atoms with Gasteiger partial charge >= 0.3 is 0 Å². The van der Waals surface area contributed by atoms with Crippen LogP contribution in [0.15, 0.2) is 71.3 Å². The first kappa shape index (κ1) is 17.6. The van der Waals surface area contributed by atoms with E-state index in [1.54, 1.807) is 0 Å². The van der Waals surface area contributed by atoms with Gasteiger partial charge in [0.15, 0.2) is 0 Å². The van der Waals surface area contributed by atoms with Crippen LogP contribution >= 0.6 is 15.9 Å². The monoisotopic (exact) mass is 420 g/mol. The van der Waals surface area contributed by atoms with Crippen LogP contribution < -0.4 is 10.2 Å². The van der Waals surface area contributed by atoms with E-state index in [1.165, 1.54) is 11.3 Å². The second-order valence-electron chi connectivity index (χ2n) is 6.77. The zero-order valence-electron chi connectivity index (χ0n) is 15.6. The molecule has 0 unspecified atom stereocenters. The molecule has 0 bridgehead atoms.